The van der Waals surface area contributed by atoms with E-state index in [0.29, 0.717) is 0 Å². The van der Waals surface area contributed by atoms with Crippen molar-refractivity contribution in [2.45, 2.75) is 89.4 Å². The molecule has 1 saturated carbocycles. The summed E-state index contributed by atoms with van der Waals surface area (Å²) >= 11 is 0. The molecule has 0 amide bonds. The lowest BCUT2D eigenvalue weighted by molar-refractivity contribution is 0.423. The average molecular weight is 355 g/mol. The van der Waals surface area contributed by atoms with Crippen LogP contribution in [0.3, 0.4) is 0 Å². The summed E-state index contributed by atoms with van der Waals surface area (Å²) in [6, 6.07) is 3.87. The summed E-state index contributed by atoms with van der Waals surface area (Å²) in [4.78, 5) is 0. The molecule has 2 aliphatic rings. The lowest BCUT2D eigenvalue weighted by Gasteiger charge is -2.28. The van der Waals surface area contributed by atoms with E-state index in [1.165, 1.54) is 31.3 Å². The van der Waals surface area contributed by atoms with Crippen LogP contribution in [0.15, 0.2) is 35.9 Å². The Morgan fingerprint density at radius 3 is 2.42 bits per heavy atom. The monoisotopic (exact) mass is 354 g/mol. The van der Waals surface area contributed by atoms with Crippen molar-refractivity contribution in [3.8, 4) is 11.5 Å². The van der Waals surface area contributed by atoms with Crippen molar-refractivity contribution < 1.29 is 10.2 Å². The molecule has 2 nitrogen and oxygen atoms in total. The van der Waals surface area contributed by atoms with Crippen LogP contribution < -0.4 is 0 Å². The first-order chi connectivity index (χ1) is 12.6. The predicted molar refractivity (Wildman–Crippen MR) is 109 cm³/mol. The first kappa shape index (κ1) is 19.1. The van der Waals surface area contributed by atoms with Gasteiger partial charge < -0.3 is 10.2 Å². The summed E-state index contributed by atoms with van der Waals surface area (Å²) in [7, 11) is 0. The van der Waals surface area contributed by atoms with E-state index in [4.69, 9.17) is 0 Å². The zero-order chi connectivity index (χ0) is 18.6. The minimum atomic E-state index is -0.0143. The van der Waals surface area contributed by atoms with Crippen molar-refractivity contribution in [1.29, 1.82) is 0 Å². The molecule has 142 valence electrons. The zero-order valence-electron chi connectivity index (χ0n) is 16.4. The molecule has 1 aromatic carbocycles. The van der Waals surface area contributed by atoms with Crippen molar-refractivity contribution in [3.63, 3.8) is 0 Å². The zero-order valence-corrected chi connectivity index (χ0v) is 16.4. The molecule has 2 heteroatoms. The Morgan fingerprint density at radius 2 is 1.81 bits per heavy atom. The Morgan fingerprint density at radius 1 is 1.12 bits per heavy atom. The van der Waals surface area contributed by atoms with Crippen molar-refractivity contribution in [3.05, 3.63) is 47.1 Å². The highest BCUT2D eigenvalue weighted by molar-refractivity contribution is 5.53. The van der Waals surface area contributed by atoms with Crippen LogP contribution in [0.5, 0.6) is 11.5 Å². The standard InChI is InChI=1S/C24H34O2/c1-3-4-5-6-12-24(13-7-8-14-24)20-16-21(25)23(22(26)17-20)19-11-9-10-18(2)15-19/h6,12,15-17,19,25-26H,3-5,7-11,13-14H2,1-2H3/b12-6-. The highest BCUT2D eigenvalue weighted by Gasteiger charge is 2.34. The van der Waals surface area contributed by atoms with Crippen molar-refractivity contribution in [2.24, 2.45) is 0 Å². The van der Waals surface area contributed by atoms with E-state index >= 15 is 0 Å². The first-order valence-electron chi connectivity index (χ1n) is 10.5. The van der Waals surface area contributed by atoms with Gasteiger partial charge in [-0.3, -0.25) is 0 Å². The van der Waals surface area contributed by atoms with Gasteiger partial charge in [0.25, 0.3) is 0 Å². The fourth-order valence-corrected chi connectivity index (χ4v) is 4.82. The summed E-state index contributed by atoms with van der Waals surface area (Å²) in [5.74, 6) is 0.672. The molecular weight excluding hydrogens is 320 g/mol. The minimum absolute atomic E-state index is 0.0143. The van der Waals surface area contributed by atoms with Crippen LogP contribution in [-0.4, -0.2) is 10.2 Å². The minimum Gasteiger partial charge on any atom is -0.507 e. The number of phenolic OH excluding ortho intramolecular Hbond substituents is 2. The lowest BCUT2D eigenvalue weighted by Crippen LogP contribution is -2.19. The number of rotatable bonds is 6. The molecule has 0 heterocycles. The molecule has 0 spiro atoms. The normalized spacial score (nSPS) is 22.7. The smallest absolute Gasteiger partial charge is 0.123 e. The Bertz CT molecular complexity index is 654. The lowest BCUT2D eigenvalue weighted by atomic mass is 9.76. The number of unbranched alkanes of at least 4 members (excludes halogenated alkanes) is 2. The van der Waals surface area contributed by atoms with Crippen molar-refractivity contribution in [1.82, 2.24) is 0 Å². The third-order valence-electron chi connectivity index (χ3n) is 6.31. The molecule has 1 fully saturated rings. The van der Waals surface area contributed by atoms with Crippen LogP contribution in [0.25, 0.3) is 0 Å². The quantitative estimate of drug-likeness (QED) is 0.432. The van der Waals surface area contributed by atoms with Gasteiger partial charge in [0.1, 0.15) is 11.5 Å². The van der Waals surface area contributed by atoms with E-state index in [2.05, 4.69) is 32.1 Å². The molecule has 0 aliphatic heterocycles. The maximum absolute atomic E-state index is 10.8. The van der Waals surface area contributed by atoms with Gasteiger partial charge in [-0.05, 0) is 63.1 Å². The molecule has 0 aromatic heterocycles. The largest absolute Gasteiger partial charge is 0.507 e. The maximum atomic E-state index is 10.8. The molecular formula is C24H34O2. The number of hydrogen-bond acceptors (Lipinski definition) is 2. The molecule has 3 rings (SSSR count). The Balaban J connectivity index is 1.92. The van der Waals surface area contributed by atoms with Crippen LogP contribution in [0.2, 0.25) is 0 Å². The van der Waals surface area contributed by atoms with Crippen LogP contribution in [0, 0.1) is 0 Å². The molecule has 2 N–H and O–H groups in total. The van der Waals surface area contributed by atoms with Gasteiger partial charge in [0.2, 0.25) is 0 Å². The van der Waals surface area contributed by atoms with Gasteiger partial charge in [0.05, 0.1) is 0 Å². The van der Waals surface area contributed by atoms with E-state index in [0.717, 1.165) is 49.7 Å². The van der Waals surface area contributed by atoms with Gasteiger partial charge in [0, 0.05) is 16.9 Å². The number of allylic oxidation sites excluding steroid dienone is 4. The molecule has 0 radical (unpaired) electrons. The van der Waals surface area contributed by atoms with Crippen LogP contribution >= 0.6 is 0 Å². The molecule has 0 saturated heterocycles. The number of phenols is 2. The van der Waals surface area contributed by atoms with E-state index < -0.39 is 0 Å². The highest BCUT2D eigenvalue weighted by atomic mass is 16.3. The van der Waals surface area contributed by atoms with Gasteiger partial charge in [-0.1, -0.05) is 56.4 Å². The van der Waals surface area contributed by atoms with E-state index in [1.54, 1.807) is 0 Å². The van der Waals surface area contributed by atoms with Gasteiger partial charge >= 0.3 is 0 Å². The van der Waals surface area contributed by atoms with Crippen LogP contribution in [0.4, 0.5) is 0 Å². The molecule has 1 atom stereocenters. The highest BCUT2D eigenvalue weighted by Crippen LogP contribution is 2.48. The molecule has 2 aliphatic carbocycles. The molecule has 1 unspecified atom stereocenters. The van der Waals surface area contributed by atoms with E-state index in [-0.39, 0.29) is 22.8 Å². The first-order valence-corrected chi connectivity index (χ1v) is 10.5. The summed E-state index contributed by atoms with van der Waals surface area (Å²) in [5.41, 5.74) is 3.14. The number of benzene rings is 1. The van der Waals surface area contributed by atoms with E-state index in [9.17, 15) is 10.2 Å². The Kier molecular flexibility index (Phi) is 6.11. The van der Waals surface area contributed by atoms with Crippen LogP contribution in [-0.2, 0) is 5.41 Å². The molecule has 0 bridgehead atoms. The van der Waals surface area contributed by atoms with Crippen molar-refractivity contribution >= 4 is 0 Å². The van der Waals surface area contributed by atoms with Crippen molar-refractivity contribution in [2.75, 3.05) is 0 Å². The fourth-order valence-electron chi connectivity index (χ4n) is 4.82. The van der Waals surface area contributed by atoms with Gasteiger partial charge in [-0.15, -0.1) is 0 Å². The second kappa shape index (κ2) is 8.33. The fraction of sp³-hybridized carbons (Fsp3) is 0.583. The Labute approximate surface area is 158 Å². The van der Waals surface area contributed by atoms with Gasteiger partial charge in [-0.25, -0.2) is 0 Å². The Hall–Kier alpha value is -1.70. The molecule has 1 aromatic rings. The third kappa shape index (κ3) is 4.00. The maximum Gasteiger partial charge on any atom is 0.123 e. The summed E-state index contributed by atoms with van der Waals surface area (Å²) in [6.07, 6.45) is 18.3. The number of hydrogen-bond donors (Lipinski definition) is 2. The summed E-state index contributed by atoms with van der Waals surface area (Å²) in [6.45, 7) is 4.36. The summed E-state index contributed by atoms with van der Waals surface area (Å²) < 4.78 is 0. The second-order valence-corrected chi connectivity index (χ2v) is 8.35. The van der Waals surface area contributed by atoms with Gasteiger partial charge in [-0.2, -0.15) is 0 Å². The summed E-state index contributed by atoms with van der Waals surface area (Å²) in [5, 5.41) is 21.6. The predicted octanol–water partition coefficient (Wildman–Crippen LogP) is 6.87. The van der Waals surface area contributed by atoms with Gasteiger partial charge in [0.15, 0.2) is 0 Å². The topological polar surface area (TPSA) is 40.5 Å². The van der Waals surface area contributed by atoms with E-state index in [1.807, 2.05) is 12.1 Å². The second-order valence-electron chi connectivity index (χ2n) is 8.35. The number of aromatic hydroxyl groups is 2. The van der Waals surface area contributed by atoms with Crippen LogP contribution in [0.1, 0.15) is 95.1 Å². The average Bonchev–Trinajstić information content (AvgIpc) is 3.08. The third-order valence-corrected chi connectivity index (χ3v) is 6.31. The molecule has 26 heavy (non-hydrogen) atoms. The SMILES string of the molecule is CCCC/C=C\C1(c2cc(O)c(C3C=C(C)CCC3)c(O)c2)CCCC1.